The Labute approximate surface area is 112 Å². The Bertz CT molecular complexity index is 517. The molecule has 1 fully saturated rings. The quantitative estimate of drug-likeness (QED) is 0.860. The lowest BCUT2D eigenvalue weighted by atomic mass is 10.2. The van der Waals surface area contributed by atoms with Crippen molar-refractivity contribution in [3.05, 3.63) is 30.2 Å². The molecule has 0 radical (unpaired) electrons. The van der Waals surface area contributed by atoms with Crippen LogP contribution in [0.2, 0.25) is 0 Å². The average molecular weight is 261 g/mol. The molecule has 2 aromatic rings. The van der Waals surface area contributed by atoms with Gasteiger partial charge in [0.25, 0.3) is 0 Å². The lowest BCUT2D eigenvalue weighted by Crippen LogP contribution is -2.33. The van der Waals surface area contributed by atoms with Crippen LogP contribution < -0.4 is 5.32 Å². The van der Waals surface area contributed by atoms with Crippen molar-refractivity contribution in [1.82, 2.24) is 25.3 Å². The second-order valence-electron chi connectivity index (χ2n) is 5.20. The highest BCUT2D eigenvalue weighted by Crippen LogP contribution is 2.38. The van der Waals surface area contributed by atoms with E-state index in [1.54, 1.807) is 6.20 Å². The maximum atomic E-state index is 5.62. The molecule has 0 bridgehead atoms. The summed E-state index contributed by atoms with van der Waals surface area (Å²) in [5.41, 5.74) is 0. The van der Waals surface area contributed by atoms with E-state index in [4.69, 9.17) is 4.42 Å². The van der Waals surface area contributed by atoms with Gasteiger partial charge in [-0.1, -0.05) is 0 Å². The molecule has 19 heavy (non-hydrogen) atoms. The Morgan fingerprint density at radius 2 is 2.26 bits per heavy atom. The van der Waals surface area contributed by atoms with Crippen molar-refractivity contribution in [3.8, 4) is 0 Å². The highest BCUT2D eigenvalue weighted by molar-refractivity contribution is 5.00. The zero-order valence-electron chi connectivity index (χ0n) is 11.3. The van der Waals surface area contributed by atoms with E-state index in [1.807, 2.05) is 16.9 Å². The summed E-state index contributed by atoms with van der Waals surface area (Å²) in [5.74, 6) is 1.98. The molecule has 1 saturated carbocycles. The van der Waals surface area contributed by atoms with E-state index >= 15 is 0 Å². The van der Waals surface area contributed by atoms with Gasteiger partial charge in [0.2, 0.25) is 11.8 Å². The normalized spacial score (nSPS) is 18.4. The molecule has 2 unspecified atom stereocenters. The third-order valence-corrected chi connectivity index (χ3v) is 3.65. The molecular formula is C13H19N5O. The first-order chi connectivity index (χ1) is 9.24. The molecule has 102 valence electrons. The summed E-state index contributed by atoms with van der Waals surface area (Å²) in [5, 5.41) is 15.8. The number of rotatable bonds is 6. The molecule has 6 heteroatoms. The Morgan fingerprint density at radius 1 is 1.42 bits per heavy atom. The molecule has 1 N–H and O–H groups in total. The van der Waals surface area contributed by atoms with Gasteiger partial charge in [-0.2, -0.15) is 5.10 Å². The van der Waals surface area contributed by atoms with E-state index in [1.165, 1.54) is 12.8 Å². The summed E-state index contributed by atoms with van der Waals surface area (Å²) in [6, 6.07) is 2.49. The first kappa shape index (κ1) is 12.3. The van der Waals surface area contributed by atoms with Crippen LogP contribution in [0.4, 0.5) is 0 Å². The van der Waals surface area contributed by atoms with Gasteiger partial charge in [-0.25, -0.2) is 0 Å². The van der Waals surface area contributed by atoms with Crippen molar-refractivity contribution in [2.75, 3.05) is 0 Å². The second kappa shape index (κ2) is 5.13. The van der Waals surface area contributed by atoms with Crippen LogP contribution in [-0.2, 0) is 6.54 Å². The molecule has 2 atom stereocenters. The molecule has 0 spiro atoms. The molecule has 1 aliphatic carbocycles. The number of nitrogens with zero attached hydrogens (tertiary/aromatic N) is 4. The van der Waals surface area contributed by atoms with Crippen molar-refractivity contribution >= 4 is 0 Å². The number of nitrogens with one attached hydrogen (secondary N) is 1. The fourth-order valence-electron chi connectivity index (χ4n) is 2.00. The standard InChI is InChI=1S/C13H19N5O/c1-9(10(2)18-7-3-6-15-18)14-8-12-16-17-13(19-12)11-4-5-11/h3,6-7,9-11,14H,4-5,8H2,1-2H3. The van der Waals surface area contributed by atoms with Gasteiger partial charge in [-0.05, 0) is 32.8 Å². The van der Waals surface area contributed by atoms with E-state index in [0.717, 1.165) is 5.89 Å². The first-order valence-electron chi connectivity index (χ1n) is 6.79. The molecule has 1 aliphatic rings. The van der Waals surface area contributed by atoms with Gasteiger partial charge in [0.15, 0.2) is 0 Å². The lowest BCUT2D eigenvalue weighted by Gasteiger charge is -2.20. The van der Waals surface area contributed by atoms with E-state index in [-0.39, 0.29) is 12.1 Å². The summed E-state index contributed by atoms with van der Waals surface area (Å²) in [7, 11) is 0. The fourth-order valence-corrected chi connectivity index (χ4v) is 2.00. The van der Waals surface area contributed by atoms with Crippen molar-refractivity contribution in [2.24, 2.45) is 0 Å². The topological polar surface area (TPSA) is 68.8 Å². The summed E-state index contributed by atoms with van der Waals surface area (Å²) in [4.78, 5) is 0. The molecular weight excluding hydrogens is 242 g/mol. The van der Waals surface area contributed by atoms with Crippen LogP contribution in [0, 0.1) is 0 Å². The van der Waals surface area contributed by atoms with Crippen LogP contribution >= 0.6 is 0 Å². The molecule has 0 saturated heterocycles. The predicted octanol–water partition coefficient (Wildman–Crippen LogP) is 1.88. The van der Waals surface area contributed by atoms with E-state index in [0.29, 0.717) is 18.4 Å². The summed E-state index contributed by atoms with van der Waals surface area (Å²) in [6.45, 7) is 4.87. The van der Waals surface area contributed by atoms with Crippen LogP contribution in [0.3, 0.4) is 0 Å². The lowest BCUT2D eigenvalue weighted by molar-refractivity contribution is 0.344. The smallest absolute Gasteiger partial charge is 0.230 e. The maximum Gasteiger partial charge on any atom is 0.230 e. The van der Waals surface area contributed by atoms with Crippen molar-refractivity contribution < 1.29 is 4.42 Å². The Balaban J connectivity index is 1.53. The third-order valence-electron chi connectivity index (χ3n) is 3.65. The molecule has 0 amide bonds. The largest absolute Gasteiger partial charge is 0.424 e. The molecule has 0 aliphatic heterocycles. The molecule has 6 nitrogen and oxygen atoms in total. The zero-order valence-corrected chi connectivity index (χ0v) is 11.3. The fraction of sp³-hybridized carbons (Fsp3) is 0.615. The highest BCUT2D eigenvalue weighted by atomic mass is 16.4. The Morgan fingerprint density at radius 3 is 2.95 bits per heavy atom. The van der Waals surface area contributed by atoms with Gasteiger partial charge in [0.1, 0.15) is 0 Å². The van der Waals surface area contributed by atoms with Crippen LogP contribution in [0.5, 0.6) is 0 Å². The molecule has 0 aromatic carbocycles. The predicted molar refractivity (Wildman–Crippen MR) is 69.5 cm³/mol. The summed E-state index contributed by atoms with van der Waals surface area (Å²) >= 11 is 0. The van der Waals surface area contributed by atoms with Crippen LogP contribution in [0.1, 0.15) is 50.4 Å². The van der Waals surface area contributed by atoms with Gasteiger partial charge in [-0.3, -0.25) is 4.68 Å². The van der Waals surface area contributed by atoms with E-state index in [2.05, 4.69) is 34.5 Å². The van der Waals surface area contributed by atoms with Crippen LogP contribution in [0.15, 0.2) is 22.9 Å². The number of aromatic nitrogens is 4. The van der Waals surface area contributed by atoms with Crippen LogP contribution in [-0.4, -0.2) is 26.0 Å². The van der Waals surface area contributed by atoms with Crippen molar-refractivity contribution in [2.45, 2.75) is 51.2 Å². The summed E-state index contributed by atoms with van der Waals surface area (Å²) in [6.07, 6.45) is 6.13. The minimum Gasteiger partial charge on any atom is -0.424 e. The van der Waals surface area contributed by atoms with E-state index < -0.39 is 0 Å². The molecule has 3 rings (SSSR count). The Hall–Kier alpha value is -1.69. The minimum atomic E-state index is 0.274. The van der Waals surface area contributed by atoms with Gasteiger partial charge >= 0.3 is 0 Å². The maximum absolute atomic E-state index is 5.62. The van der Waals surface area contributed by atoms with Crippen molar-refractivity contribution in [3.63, 3.8) is 0 Å². The average Bonchev–Trinajstić information content (AvgIpc) is 2.96. The first-order valence-corrected chi connectivity index (χ1v) is 6.79. The van der Waals surface area contributed by atoms with Gasteiger partial charge in [0.05, 0.1) is 12.6 Å². The van der Waals surface area contributed by atoms with Gasteiger partial charge in [0, 0.05) is 24.4 Å². The van der Waals surface area contributed by atoms with Crippen molar-refractivity contribution in [1.29, 1.82) is 0 Å². The molecule has 2 aromatic heterocycles. The third kappa shape index (κ3) is 2.84. The Kier molecular flexibility index (Phi) is 3.33. The summed E-state index contributed by atoms with van der Waals surface area (Å²) < 4.78 is 7.57. The second-order valence-corrected chi connectivity index (χ2v) is 5.20. The molecule has 2 heterocycles. The number of hydrogen-bond donors (Lipinski definition) is 1. The zero-order chi connectivity index (χ0) is 13.2. The van der Waals surface area contributed by atoms with Gasteiger partial charge < -0.3 is 9.73 Å². The van der Waals surface area contributed by atoms with Crippen LogP contribution in [0.25, 0.3) is 0 Å². The SMILES string of the molecule is CC(NCc1nnc(C2CC2)o1)C(C)n1cccn1. The van der Waals surface area contributed by atoms with E-state index in [9.17, 15) is 0 Å². The monoisotopic (exact) mass is 261 g/mol. The highest BCUT2D eigenvalue weighted by Gasteiger charge is 2.29. The number of hydrogen-bond acceptors (Lipinski definition) is 5. The van der Waals surface area contributed by atoms with Gasteiger partial charge in [-0.15, -0.1) is 10.2 Å². The minimum absolute atomic E-state index is 0.274.